The second-order valence-electron chi connectivity index (χ2n) is 7.89. The molecule has 0 aliphatic carbocycles. The Bertz CT molecular complexity index is 1430. The minimum absolute atomic E-state index is 0.492. The standard InChI is InChI=1S/C26H23ClN6/c1-17-12-13-20(14-18(17)2)30-24-22-16-29-33(21-9-4-3-5-10-21)25(22)32-26(31-24)28-15-19-8-6-7-11-23(19)27/h3-14,16H,15H2,1-2H3,(H2,28,30,31,32). The molecule has 3 aromatic carbocycles. The van der Waals surface area contributed by atoms with E-state index in [1.54, 1.807) is 6.20 Å². The molecule has 0 saturated carbocycles. The summed E-state index contributed by atoms with van der Waals surface area (Å²) in [6.07, 6.45) is 1.80. The van der Waals surface area contributed by atoms with Crippen LogP contribution < -0.4 is 10.6 Å². The van der Waals surface area contributed by atoms with Gasteiger partial charge in [-0.25, -0.2) is 4.68 Å². The Balaban J connectivity index is 1.57. The van der Waals surface area contributed by atoms with Crippen LogP contribution in [0.15, 0.2) is 79.0 Å². The highest BCUT2D eigenvalue weighted by Crippen LogP contribution is 2.28. The first-order valence-corrected chi connectivity index (χ1v) is 11.1. The van der Waals surface area contributed by atoms with Crippen molar-refractivity contribution in [2.24, 2.45) is 0 Å². The summed E-state index contributed by atoms with van der Waals surface area (Å²) in [5, 5.41) is 12.9. The average molecular weight is 455 g/mol. The maximum atomic E-state index is 6.33. The van der Waals surface area contributed by atoms with Crippen molar-refractivity contribution in [1.29, 1.82) is 0 Å². The first-order valence-electron chi connectivity index (χ1n) is 10.7. The Kier molecular flexibility index (Phi) is 5.67. The van der Waals surface area contributed by atoms with Crippen LogP contribution >= 0.6 is 11.6 Å². The van der Waals surface area contributed by atoms with E-state index < -0.39 is 0 Å². The van der Waals surface area contributed by atoms with E-state index in [1.807, 2.05) is 59.3 Å². The zero-order valence-electron chi connectivity index (χ0n) is 18.4. The van der Waals surface area contributed by atoms with Gasteiger partial charge in [0, 0.05) is 17.3 Å². The molecule has 5 aromatic rings. The van der Waals surface area contributed by atoms with Crippen LogP contribution in [0.2, 0.25) is 5.02 Å². The third-order valence-corrected chi connectivity index (χ3v) is 5.96. The summed E-state index contributed by atoms with van der Waals surface area (Å²) in [6, 6.07) is 23.9. The molecule has 7 heteroatoms. The molecule has 0 radical (unpaired) electrons. The number of fused-ring (bicyclic) bond motifs is 1. The summed E-state index contributed by atoms with van der Waals surface area (Å²) in [5.74, 6) is 1.18. The number of rotatable bonds is 6. The normalized spacial score (nSPS) is 11.0. The van der Waals surface area contributed by atoms with Crippen LogP contribution in [0, 0.1) is 13.8 Å². The van der Waals surface area contributed by atoms with Crippen molar-refractivity contribution in [2.75, 3.05) is 10.6 Å². The summed E-state index contributed by atoms with van der Waals surface area (Å²) in [6.45, 7) is 4.70. The van der Waals surface area contributed by atoms with Gasteiger partial charge < -0.3 is 10.6 Å². The van der Waals surface area contributed by atoms with E-state index in [1.165, 1.54) is 11.1 Å². The van der Waals surface area contributed by atoms with Gasteiger partial charge in [-0.2, -0.15) is 15.1 Å². The summed E-state index contributed by atoms with van der Waals surface area (Å²) in [5.41, 5.74) is 6.03. The number of aromatic nitrogens is 4. The molecular formula is C26H23ClN6. The van der Waals surface area contributed by atoms with Crippen molar-refractivity contribution >= 4 is 40.1 Å². The average Bonchev–Trinajstić information content (AvgIpc) is 3.26. The number of nitrogens with one attached hydrogen (secondary N) is 2. The zero-order valence-corrected chi connectivity index (χ0v) is 19.1. The van der Waals surface area contributed by atoms with Crippen LogP contribution in [0.1, 0.15) is 16.7 Å². The lowest BCUT2D eigenvalue weighted by atomic mass is 10.1. The molecule has 33 heavy (non-hydrogen) atoms. The first kappa shape index (κ1) is 21.0. The van der Waals surface area contributed by atoms with Crippen molar-refractivity contribution in [2.45, 2.75) is 20.4 Å². The fourth-order valence-corrected chi connectivity index (χ4v) is 3.82. The zero-order chi connectivity index (χ0) is 22.8. The lowest BCUT2D eigenvalue weighted by Crippen LogP contribution is -2.07. The molecule has 0 amide bonds. The van der Waals surface area contributed by atoms with Gasteiger partial charge in [0.25, 0.3) is 0 Å². The predicted octanol–water partition coefficient (Wildman–Crippen LogP) is 6.44. The number of nitrogens with zero attached hydrogens (tertiary/aromatic N) is 4. The highest BCUT2D eigenvalue weighted by Gasteiger charge is 2.15. The fraction of sp³-hybridized carbons (Fsp3) is 0.115. The van der Waals surface area contributed by atoms with E-state index in [9.17, 15) is 0 Å². The SMILES string of the molecule is Cc1ccc(Nc2nc(NCc3ccccc3Cl)nc3c2cnn3-c2ccccc2)cc1C. The smallest absolute Gasteiger partial charge is 0.227 e. The highest BCUT2D eigenvalue weighted by molar-refractivity contribution is 6.31. The topological polar surface area (TPSA) is 67.7 Å². The largest absolute Gasteiger partial charge is 0.350 e. The van der Waals surface area contributed by atoms with Gasteiger partial charge in [-0.15, -0.1) is 0 Å². The number of hydrogen-bond acceptors (Lipinski definition) is 5. The van der Waals surface area contributed by atoms with Crippen LogP contribution in [-0.2, 0) is 6.54 Å². The predicted molar refractivity (Wildman–Crippen MR) is 135 cm³/mol. The molecule has 0 unspecified atom stereocenters. The van der Waals surface area contributed by atoms with Crippen LogP contribution in [0.25, 0.3) is 16.7 Å². The Hall–Kier alpha value is -3.90. The molecule has 6 nitrogen and oxygen atoms in total. The van der Waals surface area contributed by atoms with Crippen molar-refractivity contribution in [3.63, 3.8) is 0 Å². The van der Waals surface area contributed by atoms with Crippen LogP contribution in [0.4, 0.5) is 17.5 Å². The van der Waals surface area contributed by atoms with Gasteiger partial charge in [0.1, 0.15) is 5.82 Å². The number of para-hydroxylation sites is 1. The first-order chi connectivity index (χ1) is 16.1. The third kappa shape index (κ3) is 4.38. The van der Waals surface area contributed by atoms with Gasteiger partial charge in [0.15, 0.2) is 5.65 Å². The van der Waals surface area contributed by atoms with Crippen molar-refractivity contribution < 1.29 is 0 Å². The summed E-state index contributed by atoms with van der Waals surface area (Å²) in [7, 11) is 0. The molecule has 0 spiro atoms. The van der Waals surface area contributed by atoms with Crippen LogP contribution in [0.3, 0.4) is 0 Å². The van der Waals surface area contributed by atoms with E-state index in [-0.39, 0.29) is 0 Å². The summed E-state index contributed by atoms with van der Waals surface area (Å²) in [4.78, 5) is 9.56. The number of halogens is 1. The van der Waals surface area contributed by atoms with E-state index in [0.29, 0.717) is 29.0 Å². The number of hydrogen-bond donors (Lipinski definition) is 2. The number of anilines is 3. The second kappa shape index (κ2) is 8.92. The van der Waals surface area contributed by atoms with E-state index in [0.717, 1.165) is 22.3 Å². The van der Waals surface area contributed by atoms with Crippen LogP contribution in [-0.4, -0.2) is 19.7 Å². The van der Waals surface area contributed by atoms with Crippen molar-refractivity contribution in [3.8, 4) is 5.69 Å². The molecule has 0 bridgehead atoms. The van der Waals surface area contributed by atoms with E-state index >= 15 is 0 Å². The van der Waals surface area contributed by atoms with Gasteiger partial charge >= 0.3 is 0 Å². The maximum Gasteiger partial charge on any atom is 0.227 e. The summed E-state index contributed by atoms with van der Waals surface area (Å²) < 4.78 is 1.82. The Morgan fingerprint density at radius 1 is 0.879 bits per heavy atom. The third-order valence-electron chi connectivity index (χ3n) is 5.59. The van der Waals surface area contributed by atoms with E-state index in [4.69, 9.17) is 21.6 Å². The quantitative estimate of drug-likeness (QED) is 0.309. The van der Waals surface area contributed by atoms with Gasteiger partial charge in [0.05, 0.1) is 17.3 Å². The van der Waals surface area contributed by atoms with E-state index in [2.05, 4.69) is 47.8 Å². The second-order valence-corrected chi connectivity index (χ2v) is 8.30. The molecule has 2 N–H and O–H groups in total. The molecule has 5 rings (SSSR count). The van der Waals surface area contributed by atoms with Gasteiger partial charge in [0.2, 0.25) is 5.95 Å². The van der Waals surface area contributed by atoms with Crippen molar-refractivity contribution in [1.82, 2.24) is 19.7 Å². The highest BCUT2D eigenvalue weighted by atomic mass is 35.5. The monoisotopic (exact) mass is 454 g/mol. The molecular weight excluding hydrogens is 432 g/mol. The lowest BCUT2D eigenvalue weighted by molar-refractivity contribution is 0.894. The number of benzene rings is 3. The molecule has 0 aliphatic heterocycles. The van der Waals surface area contributed by atoms with Gasteiger partial charge in [-0.1, -0.05) is 54.1 Å². The fourth-order valence-electron chi connectivity index (χ4n) is 3.61. The lowest BCUT2D eigenvalue weighted by Gasteiger charge is -2.12. The molecule has 0 fully saturated rings. The molecule has 164 valence electrons. The number of aryl methyl sites for hydroxylation is 2. The molecule has 2 aromatic heterocycles. The molecule has 2 heterocycles. The maximum absolute atomic E-state index is 6.33. The Morgan fingerprint density at radius 3 is 2.45 bits per heavy atom. The molecule has 0 aliphatic rings. The Morgan fingerprint density at radius 2 is 1.67 bits per heavy atom. The molecule has 0 saturated heterocycles. The Labute approximate surface area is 197 Å². The van der Waals surface area contributed by atoms with Gasteiger partial charge in [-0.05, 0) is 60.9 Å². The minimum atomic E-state index is 0.492. The minimum Gasteiger partial charge on any atom is -0.350 e. The van der Waals surface area contributed by atoms with Gasteiger partial charge in [-0.3, -0.25) is 0 Å². The summed E-state index contributed by atoms with van der Waals surface area (Å²) >= 11 is 6.33. The van der Waals surface area contributed by atoms with Crippen molar-refractivity contribution in [3.05, 3.63) is 101 Å². The molecule has 0 atom stereocenters. The van der Waals surface area contributed by atoms with Crippen LogP contribution in [0.5, 0.6) is 0 Å².